The SMILES string of the molecule is CCOC[C@@H]1COc2c(ccnc2OCC)-c2nnc(CS(=O)(=O)CCc3ncc(Cl)cn3)n21. The van der Waals surface area contributed by atoms with Crippen molar-refractivity contribution in [3.63, 3.8) is 0 Å². The maximum atomic E-state index is 13.0. The molecule has 0 saturated carbocycles. The normalized spacial score (nSPS) is 15.2. The zero-order valence-corrected chi connectivity index (χ0v) is 20.4. The van der Waals surface area contributed by atoms with E-state index >= 15 is 0 Å². The van der Waals surface area contributed by atoms with Crippen molar-refractivity contribution in [1.82, 2.24) is 29.7 Å². The van der Waals surface area contributed by atoms with E-state index in [2.05, 4.69) is 25.1 Å². The van der Waals surface area contributed by atoms with Gasteiger partial charge in [0.25, 0.3) is 5.88 Å². The second-order valence-corrected chi connectivity index (χ2v) is 10.1. The molecule has 0 spiro atoms. The average Bonchev–Trinajstić information content (AvgIpc) is 3.14. The summed E-state index contributed by atoms with van der Waals surface area (Å²) in [5, 5.41) is 8.95. The third kappa shape index (κ3) is 5.45. The van der Waals surface area contributed by atoms with Gasteiger partial charge in [0.1, 0.15) is 24.0 Å². The Hall–Kier alpha value is -2.83. The second-order valence-electron chi connectivity index (χ2n) is 7.52. The molecule has 13 heteroatoms. The number of aryl methyl sites for hydroxylation is 1. The van der Waals surface area contributed by atoms with E-state index in [1.54, 1.807) is 16.8 Å². The van der Waals surface area contributed by atoms with Gasteiger partial charge in [0.2, 0.25) is 0 Å². The summed E-state index contributed by atoms with van der Waals surface area (Å²) in [4.78, 5) is 12.4. The number of ether oxygens (including phenoxy) is 3. The molecule has 3 aromatic rings. The lowest BCUT2D eigenvalue weighted by atomic mass is 10.2. The molecule has 1 atom stereocenters. The molecule has 3 aromatic heterocycles. The van der Waals surface area contributed by atoms with Crippen LogP contribution in [0.2, 0.25) is 5.02 Å². The van der Waals surface area contributed by atoms with Crippen molar-refractivity contribution in [2.24, 2.45) is 0 Å². The number of fused-ring (bicyclic) bond motifs is 3. The fourth-order valence-electron chi connectivity index (χ4n) is 3.59. The first-order valence-corrected chi connectivity index (χ1v) is 13.0. The smallest absolute Gasteiger partial charge is 0.257 e. The van der Waals surface area contributed by atoms with Crippen molar-refractivity contribution in [3.05, 3.63) is 41.3 Å². The predicted octanol–water partition coefficient (Wildman–Crippen LogP) is 2.31. The fraction of sp³-hybridized carbons (Fsp3) is 0.476. The first kappa shape index (κ1) is 24.3. The standard InChI is InChI=1S/C21H25ClN6O5S/c1-3-31-11-15-12-33-19-16(5-7-23-21(19)32-4-2)20-27-26-18(28(15)20)13-34(29,30)8-6-17-24-9-14(22)10-25-17/h5,7,9-10,15H,3-4,6,8,11-13H2,1-2H3/t15-/m1/s1. The van der Waals surface area contributed by atoms with Crippen molar-refractivity contribution in [2.45, 2.75) is 32.1 Å². The number of aromatic nitrogens is 6. The zero-order chi connectivity index (χ0) is 24.1. The number of sulfone groups is 1. The average molecular weight is 509 g/mol. The van der Waals surface area contributed by atoms with E-state index in [0.29, 0.717) is 59.5 Å². The van der Waals surface area contributed by atoms with Crippen LogP contribution >= 0.6 is 11.6 Å². The van der Waals surface area contributed by atoms with E-state index in [1.807, 2.05) is 13.8 Å². The van der Waals surface area contributed by atoms with Gasteiger partial charge in [-0.25, -0.2) is 23.4 Å². The quantitative estimate of drug-likeness (QED) is 0.402. The van der Waals surface area contributed by atoms with Crippen LogP contribution in [-0.4, -0.2) is 70.3 Å². The molecule has 1 aliphatic heterocycles. The molecule has 0 bridgehead atoms. The van der Waals surface area contributed by atoms with E-state index in [0.717, 1.165) is 0 Å². The first-order valence-electron chi connectivity index (χ1n) is 10.8. The van der Waals surface area contributed by atoms with E-state index in [1.165, 1.54) is 12.4 Å². The highest BCUT2D eigenvalue weighted by Gasteiger charge is 2.31. The van der Waals surface area contributed by atoms with Crippen LogP contribution in [0.1, 0.15) is 31.5 Å². The number of hydrogen-bond donors (Lipinski definition) is 0. The minimum Gasteiger partial charge on any atom is -0.485 e. The van der Waals surface area contributed by atoms with Crippen LogP contribution < -0.4 is 9.47 Å². The van der Waals surface area contributed by atoms with Crippen molar-refractivity contribution in [2.75, 3.05) is 32.2 Å². The topological polar surface area (TPSA) is 131 Å². The van der Waals surface area contributed by atoms with Gasteiger partial charge in [0.15, 0.2) is 21.4 Å². The molecule has 0 fully saturated rings. The maximum absolute atomic E-state index is 13.0. The Bertz CT molecular complexity index is 1230. The molecule has 182 valence electrons. The van der Waals surface area contributed by atoms with Crippen LogP contribution in [0.4, 0.5) is 0 Å². The van der Waals surface area contributed by atoms with E-state index in [9.17, 15) is 8.42 Å². The Labute approximate surface area is 202 Å². The molecule has 0 N–H and O–H groups in total. The van der Waals surface area contributed by atoms with Crippen molar-refractivity contribution in [1.29, 1.82) is 0 Å². The highest BCUT2D eigenvalue weighted by Crippen LogP contribution is 2.40. The van der Waals surface area contributed by atoms with Crippen LogP contribution in [0.15, 0.2) is 24.7 Å². The summed E-state index contributed by atoms with van der Waals surface area (Å²) in [6.07, 6.45) is 4.64. The Kier molecular flexibility index (Phi) is 7.59. The Morgan fingerprint density at radius 3 is 2.71 bits per heavy atom. The molecule has 4 rings (SSSR count). The predicted molar refractivity (Wildman–Crippen MR) is 124 cm³/mol. The van der Waals surface area contributed by atoms with Gasteiger partial charge in [0.05, 0.1) is 35.6 Å². The number of pyridine rings is 1. The molecule has 0 amide bonds. The molecule has 4 heterocycles. The first-order chi connectivity index (χ1) is 16.4. The highest BCUT2D eigenvalue weighted by molar-refractivity contribution is 7.90. The minimum absolute atomic E-state index is 0.140. The van der Waals surface area contributed by atoms with Crippen molar-refractivity contribution in [3.8, 4) is 23.0 Å². The molecule has 11 nitrogen and oxygen atoms in total. The zero-order valence-electron chi connectivity index (χ0n) is 18.8. The van der Waals surface area contributed by atoms with Crippen molar-refractivity contribution < 1.29 is 22.6 Å². The van der Waals surface area contributed by atoms with Crippen molar-refractivity contribution >= 4 is 21.4 Å². The van der Waals surface area contributed by atoms with Gasteiger partial charge in [-0.3, -0.25) is 0 Å². The summed E-state index contributed by atoms with van der Waals surface area (Å²) < 4.78 is 45.0. The van der Waals surface area contributed by atoms with Crippen LogP contribution in [0, 0.1) is 0 Å². The van der Waals surface area contributed by atoms with Crippen LogP contribution in [-0.2, 0) is 26.7 Å². The van der Waals surface area contributed by atoms with Gasteiger partial charge in [-0.2, -0.15) is 0 Å². The number of hydrogen-bond acceptors (Lipinski definition) is 10. The molecule has 0 aliphatic carbocycles. The third-order valence-electron chi connectivity index (χ3n) is 5.12. The summed E-state index contributed by atoms with van der Waals surface area (Å²) in [6, 6.07) is 1.41. The van der Waals surface area contributed by atoms with Crippen LogP contribution in [0.3, 0.4) is 0 Å². The van der Waals surface area contributed by atoms with E-state index < -0.39 is 9.84 Å². The monoisotopic (exact) mass is 508 g/mol. The number of nitrogens with zero attached hydrogens (tertiary/aromatic N) is 6. The van der Waals surface area contributed by atoms with Gasteiger partial charge in [-0.15, -0.1) is 10.2 Å². The lowest BCUT2D eigenvalue weighted by Crippen LogP contribution is -2.25. The highest BCUT2D eigenvalue weighted by atomic mass is 35.5. The Balaban J connectivity index is 1.64. The lowest BCUT2D eigenvalue weighted by molar-refractivity contribution is 0.0912. The molecular weight excluding hydrogens is 484 g/mol. The largest absolute Gasteiger partial charge is 0.485 e. The van der Waals surface area contributed by atoms with E-state index in [4.69, 9.17) is 25.8 Å². The number of rotatable bonds is 10. The van der Waals surface area contributed by atoms with Gasteiger partial charge in [-0.05, 0) is 19.9 Å². The summed E-state index contributed by atoms with van der Waals surface area (Å²) >= 11 is 5.80. The Morgan fingerprint density at radius 1 is 1.18 bits per heavy atom. The molecule has 34 heavy (non-hydrogen) atoms. The third-order valence-corrected chi connectivity index (χ3v) is 6.84. The Morgan fingerprint density at radius 2 is 1.97 bits per heavy atom. The van der Waals surface area contributed by atoms with Gasteiger partial charge >= 0.3 is 0 Å². The van der Waals surface area contributed by atoms with Gasteiger partial charge < -0.3 is 18.8 Å². The van der Waals surface area contributed by atoms with Gasteiger partial charge in [0, 0.05) is 31.6 Å². The molecule has 0 radical (unpaired) electrons. The molecule has 1 aliphatic rings. The summed E-state index contributed by atoms with van der Waals surface area (Å²) in [6.45, 7) is 5.19. The molecular formula is C21H25ClN6O5S. The molecule has 0 saturated heterocycles. The summed E-state index contributed by atoms with van der Waals surface area (Å²) in [5.74, 6) is 1.55. The minimum atomic E-state index is -3.55. The maximum Gasteiger partial charge on any atom is 0.257 e. The summed E-state index contributed by atoms with van der Waals surface area (Å²) in [7, 11) is -3.55. The second kappa shape index (κ2) is 10.6. The van der Waals surface area contributed by atoms with Crippen LogP contribution in [0.25, 0.3) is 11.4 Å². The number of halogens is 1. The molecule has 0 unspecified atom stereocenters. The summed E-state index contributed by atoms with van der Waals surface area (Å²) in [5.41, 5.74) is 0.628. The van der Waals surface area contributed by atoms with E-state index in [-0.39, 0.29) is 30.6 Å². The van der Waals surface area contributed by atoms with Gasteiger partial charge in [-0.1, -0.05) is 11.6 Å². The lowest BCUT2D eigenvalue weighted by Gasteiger charge is -2.19. The fourth-order valence-corrected chi connectivity index (χ4v) is 4.91. The molecule has 0 aromatic carbocycles. The van der Waals surface area contributed by atoms with Crippen LogP contribution in [0.5, 0.6) is 11.6 Å².